The van der Waals surface area contributed by atoms with Crippen molar-refractivity contribution in [3.63, 3.8) is 0 Å². The van der Waals surface area contributed by atoms with Crippen molar-refractivity contribution in [1.29, 1.82) is 0 Å². The lowest BCUT2D eigenvalue weighted by Crippen LogP contribution is -2.29. The maximum Gasteiger partial charge on any atom is 0.348 e. The van der Waals surface area contributed by atoms with E-state index in [1.165, 1.54) is 0 Å². The second-order valence-electron chi connectivity index (χ2n) is 3.33. The third-order valence-corrected chi connectivity index (χ3v) is 2.25. The van der Waals surface area contributed by atoms with Gasteiger partial charge in [0.05, 0.1) is 0 Å². The van der Waals surface area contributed by atoms with Crippen LogP contribution in [0.5, 0.6) is 0 Å². The summed E-state index contributed by atoms with van der Waals surface area (Å²) in [6.07, 6.45) is 0. The van der Waals surface area contributed by atoms with Gasteiger partial charge in [-0.3, -0.25) is 9.89 Å². The Kier molecular flexibility index (Phi) is 2.88. The molecule has 1 amide bonds. The maximum absolute atomic E-state index is 11.7. The molecule has 0 saturated carbocycles. The summed E-state index contributed by atoms with van der Waals surface area (Å²) in [5, 5.41) is 5.41. The number of carbonyl (C=O) groups excluding carboxylic acids is 1. The van der Waals surface area contributed by atoms with Gasteiger partial charge in [-0.2, -0.15) is 4.68 Å². The molecule has 1 aromatic heterocycles. The third kappa shape index (κ3) is 2.48. The minimum Gasteiger partial charge on any atom is -0.384 e. The normalized spacial score (nSPS) is 10.2. The Morgan fingerprint density at radius 1 is 1.41 bits per heavy atom. The topological polar surface area (TPSA) is 92.9 Å². The molecule has 1 heterocycles. The highest BCUT2D eigenvalue weighted by Crippen LogP contribution is 2.14. The van der Waals surface area contributed by atoms with E-state index in [1.807, 2.05) is 0 Å². The molecule has 0 spiro atoms. The first-order valence-corrected chi connectivity index (χ1v) is 5.08. The second-order valence-corrected chi connectivity index (χ2v) is 3.76. The SMILES string of the molecule is Nc1cc(=O)n(C(=O)Nc2cccc(Cl)c2)[nH]1. The molecule has 6 nitrogen and oxygen atoms in total. The Balaban J connectivity index is 2.23. The molecular formula is C10H9ClN4O2. The number of rotatable bonds is 1. The number of halogens is 1. The van der Waals surface area contributed by atoms with Gasteiger partial charge in [-0.1, -0.05) is 17.7 Å². The predicted molar refractivity (Wildman–Crippen MR) is 65.3 cm³/mol. The van der Waals surface area contributed by atoms with Crippen LogP contribution in [0, 0.1) is 0 Å². The zero-order valence-electron chi connectivity index (χ0n) is 8.61. The van der Waals surface area contributed by atoms with Gasteiger partial charge in [0.15, 0.2) is 0 Å². The van der Waals surface area contributed by atoms with Gasteiger partial charge >= 0.3 is 6.03 Å². The molecule has 0 aliphatic carbocycles. The van der Waals surface area contributed by atoms with Gasteiger partial charge in [-0.05, 0) is 18.2 Å². The summed E-state index contributed by atoms with van der Waals surface area (Å²) in [5.74, 6) is 0.122. The van der Waals surface area contributed by atoms with Crippen molar-refractivity contribution in [3.05, 3.63) is 45.7 Å². The third-order valence-electron chi connectivity index (χ3n) is 2.02. The van der Waals surface area contributed by atoms with Crippen LogP contribution in [-0.4, -0.2) is 15.8 Å². The fourth-order valence-electron chi connectivity index (χ4n) is 1.31. The van der Waals surface area contributed by atoms with Gasteiger partial charge in [-0.15, -0.1) is 0 Å². The van der Waals surface area contributed by atoms with Crippen LogP contribution in [0.2, 0.25) is 5.02 Å². The van der Waals surface area contributed by atoms with Crippen molar-refractivity contribution in [3.8, 4) is 0 Å². The number of anilines is 2. The van der Waals surface area contributed by atoms with Crippen LogP contribution in [0.4, 0.5) is 16.3 Å². The van der Waals surface area contributed by atoms with Crippen molar-refractivity contribution in [2.45, 2.75) is 0 Å². The van der Waals surface area contributed by atoms with Crippen molar-refractivity contribution in [2.24, 2.45) is 0 Å². The van der Waals surface area contributed by atoms with Crippen molar-refractivity contribution >= 4 is 29.1 Å². The quantitative estimate of drug-likeness (QED) is 0.718. The number of nitrogens with zero attached hydrogens (tertiary/aromatic N) is 1. The summed E-state index contributed by atoms with van der Waals surface area (Å²) in [5.41, 5.74) is 5.32. The first-order chi connectivity index (χ1) is 8.06. The number of nitrogens with one attached hydrogen (secondary N) is 2. The first kappa shape index (κ1) is 11.3. The molecule has 1 aromatic carbocycles. The van der Waals surface area contributed by atoms with Crippen molar-refractivity contribution in [1.82, 2.24) is 9.78 Å². The van der Waals surface area contributed by atoms with Crippen LogP contribution in [0.15, 0.2) is 35.1 Å². The van der Waals surface area contributed by atoms with Gasteiger partial charge in [0.2, 0.25) is 0 Å². The smallest absolute Gasteiger partial charge is 0.348 e. The molecule has 0 unspecified atom stereocenters. The Morgan fingerprint density at radius 3 is 2.76 bits per heavy atom. The highest BCUT2D eigenvalue weighted by atomic mass is 35.5. The molecule has 2 aromatic rings. The number of nitrogen functional groups attached to an aromatic ring is 1. The average Bonchev–Trinajstić information content (AvgIpc) is 2.58. The molecule has 0 radical (unpaired) electrons. The number of benzene rings is 1. The Morgan fingerprint density at radius 2 is 2.18 bits per heavy atom. The van der Waals surface area contributed by atoms with E-state index in [0.29, 0.717) is 10.7 Å². The summed E-state index contributed by atoms with van der Waals surface area (Å²) in [6.45, 7) is 0. The number of hydrogen-bond acceptors (Lipinski definition) is 3. The molecule has 0 fully saturated rings. The zero-order valence-corrected chi connectivity index (χ0v) is 9.36. The molecule has 0 saturated heterocycles. The van der Waals surface area contributed by atoms with E-state index < -0.39 is 11.6 Å². The lowest BCUT2D eigenvalue weighted by atomic mass is 10.3. The lowest BCUT2D eigenvalue weighted by Gasteiger charge is -2.04. The number of nitrogens with two attached hydrogens (primary N) is 1. The summed E-state index contributed by atoms with van der Waals surface area (Å²) >= 11 is 5.76. The Hall–Kier alpha value is -2.21. The summed E-state index contributed by atoms with van der Waals surface area (Å²) in [6, 6.07) is 7.07. The molecule has 4 N–H and O–H groups in total. The number of H-pyrrole nitrogens is 1. The minimum atomic E-state index is -0.631. The van der Waals surface area contributed by atoms with Gasteiger partial charge in [0, 0.05) is 16.8 Å². The van der Waals surface area contributed by atoms with E-state index in [4.69, 9.17) is 17.3 Å². The molecular weight excluding hydrogens is 244 g/mol. The molecule has 88 valence electrons. The highest BCUT2D eigenvalue weighted by molar-refractivity contribution is 6.30. The van der Waals surface area contributed by atoms with E-state index in [-0.39, 0.29) is 5.82 Å². The van der Waals surface area contributed by atoms with Gasteiger partial charge in [-0.25, -0.2) is 4.79 Å². The fraction of sp³-hybridized carbons (Fsp3) is 0. The van der Waals surface area contributed by atoms with Gasteiger partial charge < -0.3 is 11.1 Å². The van der Waals surface area contributed by atoms with Crippen molar-refractivity contribution < 1.29 is 4.79 Å². The summed E-state index contributed by atoms with van der Waals surface area (Å²) in [7, 11) is 0. The van der Waals surface area contributed by atoms with E-state index >= 15 is 0 Å². The molecule has 17 heavy (non-hydrogen) atoms. The largest absolute Gasteiger partial charge is 0.384 e. The highest BCUT2D eigenvalue weighted by Gasteiger charge is 2.09. The number of hydrogen-bond donors (Lipinski definition) is 3. The van der Waals surface area contributed by atoms with Crippen LogP contribution < -0.4 is 16.6 Å². The number of aromatic nitrogens is 2. The number of carbonyl (C=O) groups is 1. The van der Waals surface area contributed by atoms with Crippen LogP contribution in [0.25, 0.3) is 0 Å². The van der Waals surface area contributed by atoms with E-state index in [1.54, 1.807) is 24.3 Å². The average molecular weight is 253 g/mol. The Bertz CT molecular complexity index is 617. The monoisotopic (exact) mass is 252 g/mol. The fourth-order valence-corrected chi connectivity index (χ4v) is 1.50. The zero-order chi connectivity index (χ0) is 12.4. The predicted octanol–water partition coefficient (Wildman–Crippen LogP) is 1.49. The van der Waals surface area contributed by atoms with Crippen LogP contribution in [0.1, 0.15) is 0 Å². The molecule has 0 bridgehead atoms. The maximum atomic E-state index is 11.7. The van der Waals surface area contributed by atoms with Crippen LogP contribution in [0.3, 0.4) is 0 Å². The molecule has 7 heteroatoms. The molecule has 2 rings (SSSR count). The first-order valence-electron chi connectivity index (χ1n) is 4.71. The van der Waals surface area contributed by atoms with E-state index in [9.17, 15) is 9.59 Å². The summed E-state index contributed by atoms with van der Waals surface area (Å²) in [4.78, 5) is 23.0. The number of aromatic amines is 1. The molecule has 0 atom stereocenters. The Labute approximate surface area is 101 Å². The molecule has 0 aliphatic heterocycles. The van der Waals surface area contributed by atoms with Gasteiger partial charge in [0.1, 0.15) is 5.82 Å². The number of amides is 1. The lowest BCUT2D eigenvalue weighted by molar-refractivity contribution is 0.250. The van der Waals surface area contributed by atoms with Crippen LogP contribution >= 0.6 is 11.6 Å². The van der Waals surface area contributed by atoms with E-state index in [2.05, 4.69) is 10.4 Å². The standard InChI is InChI=1S/C10H9ClN4O2/c11-6-2-1-3-7(4-6)13-10(17)15-9(16)5-8(12)14-15/h1-5,14H,12H2,(H,13,17). The second kappa shape index (κ2) is 4.34. The minimum absolute atomic E-state index is 0.122. The van der Waals surface area contributed by atoms with Crippen LogP contribution in [-0.2, 0) is 0 Å². The van der Waals surface area contributed by atoms with Gasteiger partial charge in [0.25, 0.3) is 5.56 Å². The summed E-state index contributed by atoms with van der Waals surface area (Å²) < 4.78 is 0.774. The molecule has 0 aliphatic rings. The van der Waals surface area contributed by atoms with E-state index in [0.717, 1.165) is 10.7 Å². The van der Waals surface area contributed by atoms with Crippen molar-refractivity contribution in [2.75, 3.05) is 11.1 Å².